The predicted molar refractivity (Wildman–Crippen MR) is 63.8 cm³/mol. The Balaban J connectivity index is 2.85. The van der Waals surface area contributed by atoms with Crippen LogP contribution in [0.5, 0.6) is 0 Å². The fraction of sp³-hybridized carbons (Fsp3) is 0.846. The summed E-state index contributed by atoms with van der Waals surface area (Å²) in [6.45, 7) is 3.77. The maximum atomic E-state index is 12.4. The summed E-state index contributed by atoms with van der Waals surface area (Å²) in [4.78, 5) is 24.0. The monoisotopic (exact) mass is 225 g/mol. The van der Waals surface area contributed by atoms with Gasteiger partial charge in [-0.25, -0.2) is 0 Å². The molecule has 1 amide bonds. The lowest BCUT2D eigenvalue weighted by Crippen LogP contribution is -2.46. The number of carbonyl (C=O) groups is 2. The SMILES string of the molecule is CCC(CC)(C(N)=O)C(=O)C1CCCCC1. The molecule has 3 heteroatoms. The highest BCUT2D eigenvalue weighted by Crippen LogP contribution is 2.36. The highest BCUT2D eigenvalue weighted by molar-refractivity contribution is 6.06. The van der Waals surface area contributed by atoms with Crippen LogP contribution in [-0.4, -0.2) is 11.7 Å². The van der Waals surface area contributed by atoms with Gasteiger partial charge in [0.1, 0.15) is 5.41 Å². The second kappa shape index (κ2) is 5.46. The first-order valence-electron chi connectivity index (χ1n) is 6.42. The first kappa shape index (κ1) is 13.2. The largest absolute Gasteiger partial charge is 0.369 e. The van der Waals surface area contributed by atoms with E-state index >= 15 is 0 Å². The van der Waals surface area contributed by atoms with Crippen LogP contribution in [0.2, 0.25) is 0 Å². The van der Waals surface area contributed by atoms with Crippen molar-refractivity contribution in [3.05, 3.63) is 0 Å². The summed E-state index contributed by atoms with van der Waals surface area (Å²) in [5, 5.41) is 0. The molecule has 1 fully saturated rings. The van der Waals surface area contributed by atoms with Crippen LogP contribution < -0.4 is 5.73 Å². The van der Waals surface area contributed by atoms with Gasteiger partial charge in [-0.2, -0.15) is 0 Å². The topological polar surface area (TPSA) is 60.2 Å². The summed E-state index contributed by atoms with van der Waals surface area (Å²) < 4.78 is 0. The Bertz CT molecular complexity index is 263. The van der Waals surface area contributed by atoms with Crippen LogP contribution >= 0.6 is 0 Å². The van der Waals surface area contributed by atoms with Crippen LogP contribution in [0.3, 0.4) is 0 Å². The maximum absolute atomic E-state index is 12.4. The van der Waals surface area contributed by atoms with E-state index in [1.807, 2.05) is 13.8 Å². The van der Waals surface area contributed by atoms with Gasteiger partial charge in [0, 0.05) is 5.92 Å². The molecule has 0 aromatic rings. The van der Waals surface area contributed by atoms with Crippen LogP contribution in [-0.2, 0) is 9.59 Å². The van der Waals surface area contributed by atoms with Gasteiger partial charge >= 0.3 is 0 Å². The molecule has 1 rings (SSSR count). The summed E-state index contributed by atoms with van der Waals surface area (Å²) >= 11 is 0. The van der Waals surface area contributed by atoms with Crippen molar-refractivity contribution in [2.75, 3.05) is 0 Å². The third kappa shape index (κ3) is 2.28. The van der Waals surface area contributed by atoms with Crippen LogP contribution in [0.1, 0.15) is 58.8 Å². The summed E-state index contributed by atoms with van der Waals surface area (Å²) in [6.07, 6.45) is 6.38. The van der Waals surface area contributed by atoms with E-state index in [1.54, 1.807) is 0 Å². The number of ketones is 1. The summed E-state index contributed by atoms with van der Waals surface area (Å²) in [7, 11) is 0. The van der Waals surface area contributed by atoms with Gasteiger partial charge in [-0.3, -0.25) is 9.59 Å². The minimum atomic E-state index is -0.901. The van der Waals surface area contributed by atoms with E-state index in [4.69, 9.17) is 5.73 Å². The van der Waals surface area contributed by atoms with Gasteiger partial charge in [-0.1, -0.05) is 33.1 Å². The number of hydrogen-bond acceptors (Lipinski definition) is 2. The second-order valence-electron chi connectivity index (χ2n) is 4.85. The van der Waals surface area contributed by atoms with Crippen molar-refractivity contribution in [3.63, 3.8) is 0 Å². The van der Waals surface area contributed by atoms with Gasteiger partial charge in [0.05, 0.1) is 0 Å². The smallest absolute Gasteiger partial charge is 0.231 e. The van der Waals surface area contributed by atoms with E-state index in [0.29, 0.717) is 12.8 Å². The quantitative estimate of drug-likeness (QED) is 0.730. The van der Waals surface area contributed by atoms with E-state index < -0.39 is 11.3 Å². The Kier molecular flexibility index (Phi) is 4.51. The average molecular weight is 225 g/mol. The minimum Gasteiger partial charge on any atom is -0.369 e. The molecule has 0 aliphatic heterocycles. The van der Waals surface area contributed by atoms with Crippen molar-refractivity contribution in [3.8, 4) is 0 Å². The molecule has 1 aliphatic carbocycles. The number of primary amides is 1. The number of Topliss-reactive ketones (excluding diaryl/α,β-unsaturated/α-hetero) is 1. The third-order valence-electron chi connectivity index (χ3n) is 4.13. The van der Waals surface area contributed by atoms with E-state index in [1.165, 1.54) is 6.42 Å². The van der Waals surface area contributed by atoms with Crippen LogP contribution in [0.15, 0.2) is 0 Å². The van der Waals surface area contributed by atoms with E-state index in [0.717, 1.165) is 25.7 Å². The van der Waals surface area contributed by atoms with Crippen molar-refractivity contribution in [2.24, 2.45) is 17.1 Å². The van der Waals surface area contributed by atoms with E-state index in [9.17, 15) is 9.59 Å². The minimum absolute atomic E-state index is 0.0705. The molecule has 2 N–H and O–H groups in total. The lowest BCUT2D eigenvalue weighted by atomic mass is 9.70. The molecule has 0 aromatic carbocycles. The van der Waals surface area contributed by atoms with Gasteiger partial charge in [0.25, 0.3) is 0 Å². The lowest BCUT2D eigenvalue weighted by molar-refractivity contribution is -0.144. The standard InChI is InChI=1S/C13H23NO2/c1-3-13(4-2,12(14)16)11(15)10-8-6-5-7-9-10/h10H,3-9H2,1-2H3,(H2,14,16). The molecule has 92 valence electrons. The Morgan fingerprint density at radius 2 is 1.62 bits per heavy atom. The normalized spacial score (nSPS) is 18.4. The van der Waals surface area contributed by atoms with Crippen molar-refractivity contribution < 1.29 is 9.59 Å². The molecule has 0 aromatic heterocycles. The number of amides is 1. The average Bonchev–Trinajstić information content (AvgIpc) is 2.32. The number of rotatable bonds is 5. The molecule has 1 saturated carbocycles. The van der Waals surface area contributed by atoms with E-state index in [-0.39, 0.29) is 11.7 Å². The zero-order valence-electron chi connectivity index (χ0n) is 10.4. The van der Waals surface area contributed by atoms with Crippen LogP contribution in [0.25, 0.3) is 0 Å². The molecular weight excluding hydrogens is 202 g/mol. The highest BCUT2D eigenvalue weighted by Gasteiger charge is 2.43. The molecule has 0 heterocycles. The van der Waals surface area contributed by atoms with Gasteiger partial charge in [0.2, 0.25) is 5.91 Å². The van der Waals surface area contributed by atoms with Crippen LogP contribution in [0.4, 0.5) is 0 Å². The van der Waals surface area contributed by atoms with Gasteiger partial charge in [0.15, 0.2) is 5.78 Å². The summed E-state index contributed by atoms with van der Waals surface area (Å²) in [5.41, 5.74) is 4.54. The summed E-state index contributed by atoms with van der Waals surface area (Å²) in [5.74, 6) is -0.265. The molecule has 16 heavy (non-hydrogen) atoms. The van der Waals surface area contributed by atoms with Crippen molar-refractivity contribution >= 4 is 11.7 Å². The van der Waals surface area contributed by atoms with Crippen LogP contribution in [0, 0.1) is 11.3 Å². The third-order valence-corrected chi connectivity index (χ3v) is 4.13. The fourth-order valence-corrected chi connectivity index (χ4v) is 2.82. The molecular formula is C13H23NO2. The molecule has 0 spiro atoms. The molecule has 1 aliphatic rings. The molecule has 0 saturated heterocycles. The molecule has 0 radical (unpaired) electrons. The summed E-state index contributed by atoms with van der Waals surface area (Å²) in [6, 6.07) is 0. The Morgan fingerprint density at radius 1 is 1.12 bits per heavy atom. The van der Waals surface area contributed by atoms with E-state index in [2.05, 4.69) is 0 Å². The highest BCUT2D eigenvalue weighted by atomic mass is 16.2. The molecule has 3 nitrogen and oxygen atoms in total. The first-order chi connectivity index (χ1) is 7.58. The van der Waals surface area contributed by atoms with Gasteiger partial charge in [-0.15, -0.1) is 0 Å². The van der Waals surface area contributed by atoms with Crippen molar-refractivity contribution in [1.29, 1.82) is 0 Å². The molecule has 0 atom stereocenters. The van der Waals surface area contributed by atoms with Crippen molar-refractivity contribution in [2.45, 2.75) is 58.8 Å². The van der Waals surface area contributed by atoms with Gasteiger partial charge in [-0.05, 0) is 25.7 Å². The maximum Gasteiger partial charge on any atom is 0.231 e. The fourth-order valence-electron chi connectivity index (χ4n) is 2.82. The number of hydrogen-bond donors (Lipinski definition) is 1. The Hall–Kier alpha value is -0.860. The van der Waals surface area contributed by atoms with Crippen molar-refractivity contribution in [1.82, 2.24) is 0 Å². The number of carbonyl (C=O) groups excluding carboxylic acids is 2. The molecule has 0 unspecified atom stereocenters. The molecule has 0 bridgehead atoms. The Labute approximate surface area is 97.8 Å². The Morgan fingerprint density at radius 3 is 2.00 bits per heavy atom. The zero-order chi connectivity index (χ0) is 12.2. The second-order valence-corrected chi connectivity index (χ2v) is 4.85. The lowest BCUT2D eigenvalue weighted by Gasteiger charge is -2.32. The first-order valence-corrected chi connectivity index (χ1v) is 6.42. The predicted octanol–water partition coefficient (Wildman–Crippen LogP) is 2.43. The number of nitrogens with two attached hydrogens (primary N) is 1. The zero-order valence-corrected chi connectivity index (χ0v) is 10.4. The van der Waals surface area contributed by atoms with Gasteiger partial charge < -0.3 is 5.73 Å².